The lowest BCUT2D eigenvalue weighted by Crippen LogP contribution is -2.07. The summed E-state index contributed by atoms with van der Waals surface area (Å²) in [6.45, 7) is 5.86. The Labute approximate surface area is 123 Å². The molecule has 1 aromatic heterocycles. The molecular weight excluding hydrogens is 270 g/mol. The molecule has 5 nitrogen and oxygen atoms in total. The average Bonchev–Trinajstić information content (AvgIpc) is 2.90. The number of rotatable bonds is 6. The van der Waals surface area contributed by atoms with Gasteiger partial charge < -0.3 is 19.6 Å². The number of benzene rings is 1. The van der Waals surface area contributed by atoms with E-state index < -0.39 is 5.97 Å². The minimum absolute atomic E-state index is 0.0562. The Kier molecular flexibility index (Phi) is 4.52. The van der Waals surface area contributed by atoms with Crippen LogP contribution in [-0.4, -0.2) is 17.2 Å². The Morgan fingerprint density at radius 2 is 1.81 bits per heavy atom. The van der Waals surface area contributed by atoms with Gasteiger partial charge in [-0.25, -0.2) is 4.79 Å². The molecule has 1 unspecified atom stereocenters. The molecule has 0 aliphatic carbocycles. The first kappa shape index (κ1) is 15.0. The minimum Gasteiger partial charge on any atom is -0.491 e. The van der Waals surface area contributed by atoms with E-state index in [9.17, 15) is 4.79 Å². The number of hydrogen-bond donors (Lipinski definition) is 2. The van der Waals surface area contributed by atoms with E-state index in [1.165, 1.54) is 6.07 Å². The Hall–Kier alpha value is -2.43. The van der Waals surface area contributed by atoms with Gasteiger partial charge >= 0.3 is 5.97 Å². The van der Waals surface area contributed by atoms with E-state index >= 15 is 0 Å². The molecular formula is C16H19NO4. The molecule has 21 heavy (non-hydrogen) atoms. The third-order valence-electron chi connectivity index (χ3n) is 2.87. The molecule has 0 aliphatic rings. The number of furan rings is 1. The summed E-state index contributed by atoms with van der Waals surface area (Å²) in [6.07, 6.45) is 0.139. The maximum absolute atomic E-state index is 10.8. The Balaban J connectivity index is 2.01. The van der Waals surface area contributed by atoms with E-state index in [0.29, 0.717) is 5.76 Å². The summed E-state index contributed by atoms with van der Waals surface area (Å²) in [5.74, 6) is 0.271. The molecule has 1 heterocycles. The predicted molar refractivity (Wildman–Crippen MR) is 79.9 cm³/mol. The average molecular weight is 289 g/mol. The Morgan fingerprint density at radius 1 is 1.14 bits per heavy atom. The zero-order valence-corrected chi connectivity index (χ0v) is 12.3. The summed E-state index contributed by atoms with van der Waals surface area (Å²) in [5, 5.41) is 12.1. The van der Waals surface area contributed by atoms with Crippen LogP contribution >= 0.6 is 0 Å². The van der Waals surface area contributed by atoms with Gasteiger partial charge in [-0.05, 0) is 57.2 Å². The number of ether oxygens (including phenoxy) is 1. The normalized spacial score (nSPS) is 12.2. The molecule has 2 aromatic rings. The maximum atomic E-state index is 10.8. The van der Waals surface area contributed by atoms with E-state index in [2.05, 4.69) is 5.32 Å². The van der Waals surface area contributed by atoms with E-state index in [1.807, 2.05) is 45.0 Å². The zero-order chi connectivity index (χ0) is 15.4. The third-order valence-corrected chi connectivity index (χ3v) is 2.87. The summed E-state index contributed by atoms with van der Waals surface area (Å²) in [6, 6.07) is 10.6. The van der Waals surface area contributed by atoms with E-state index in [0.717, 1.165) is 11.4 Å². The van der Waals surface area contributed by atoms with Crippen LogP contribution in [0.2, 0.25) is 0 Å². The van der Waals surface area contributed by atoms with Gasteiger partial charge in [0.05, 0.1) is 12.1 Å². The molecule has 0 fully saturated rings. The van der Waals surface area contributed by atoms with Gasteiger partial charge in [0, 0.05) is 5.69 Å². The number of anilines is 1. The number of carboxylic acids is 1. The lowest BCUT2D eigenvalue weighted by atomic mass is 10.2. The van der Waals surface area contributed by atoms with E-state index in [4.69, 9.17) is 14.3 Å². The first-order valence-electron chi connectivity index (χ1n) is 6.82. The van der Waals surface area contributed by atoms with Gasteiger partial charge in [0.25, 0.3) is 0 Å². The van der Waals surface area contributed by atoms with Crippen LogP contribution in [0.15, 0.2) is 40.8 Å². The van der Waals surface area contributed by atoms with Crippen LogP contribution in [0.4, 0.5) is 5.69 Å². The van der Waals surface area contributed by atoms with Crippen molar-refractivity contribution < 1.29 is 19.1 Å². The van der Waals surface area contributed by atoms with Crippen molar-refractivity contribution in [2.24, 2.45) is 0 Å². The minimum atomic E-state index is -1.07. The summed E-state index contributed by atoms with van der Waals surface area (Å²) in [7, 11) is 0. The first-order chi connectivity index (χ1) is 9.95. The molecule has 1 aromatic carbocycles. The Morgan fingerprint density at radius 3 is 2.33 bits per heavy atom. The molecule has 0 bridgehead atoms. The number of hydrogen-bond acceptors (Lipinski definition) is 4. The molecule has 5 heteroatoms. The second kappa shape index (κ2) is 6.35. The van der Waals surface area contributed by atoms with Crippen molar-refractivity contribution in [2.45, 2.75) is 32.9 Å². The summed E-state index contributed by atoms with van der Waals surface area (Å²) >= 11 is 0. The highest BCUT2D eigenvalue weighted by molar-refractivity contribution is 5.84. The van der Waals surface area contributed by atoms with Crippen LogP contribution in [0.25, 0.3) is 0 Å². The molecule has 0 saturated heterocycles. The summed E-state index contributed by atoms with van der Waals surface area (Å²) in [4.78, 5) is 10.8. The predicted octanol–water partition coefficient (Wildman–Crippen LogP) is 3.94. The van der Waals surface area contributed by atoms with Crippen molar-refractivity contribution in [3.05, 3.63) is 47.9 Å². The van der Waals surface area contributed by atoms with Crippen LogP contribution in [0, 0.1) is 0 Å². The van der Waals surface area contributed by atoms with Crippen molar-refractivity contribution in [2.75, 3.05) is 5.32 Å². The lowest BCUT2D eigenvalue weighted by molar-refractivity contribution is 0.0660. The van der Waals surface area contributed by atoms with E-state index in [-0.39, 0.29) is 17.9 Å². The van der Waals surface area contributed by atoms with Crippen molar-refractivity contribution in [3.8, 4) is 5.75 Å². The number of nitrogens with one attached hydrogen (secondary N) is 1. The highest BCUT2D eigenvalue weighted by Gasteiger charge is 2.14. The van der Waals surface area contributed by atoms with E-state index in [1.54, 1.807) is 6.07 Å². The number of carboxylic acid groups (broad SMARTS) is 1. The second-order valence-corrected chi connectivity index (χ2v) is 5.06. The Bertz CT molecular complexity index is 601. The fourth-order valence-electron chi connectivity index (χ4n) is 1.92. The molecule has 1 atom stereocenters. The van der Waals surface area contributed by atoms with Crippen molar-refractivity contribution in [3.63, 3.8) is 0 Å². The zero-order valence-electron chi connectivity index (χ0n) is 12.3. The standard InChI is InChI=1S/C16H19NO4/c1-10(2)20-13-6-4-12(5-7-13)17-11(3)14-8-9-15(21-14)16(18)19/h4-11,17H,1-3H3,(H,18,19). The monoisotopic (exact) mass is 289 g/mol. The van der Waals surface area contributed by atoms with Gasteiger partial charge in [-0.3, -0.25) is 0 Å². The quantitative estimate of drug-likeness (QED) is 0.842. The second-order valence-electron chi connectivity index (χ2n) is 5.06. The molecule has 0 spiro atoms. The topological polar surface area (TPSA) is 71.7 Å². The highest BCUT2D eigenvalue weighted by Crippen LogP contribution is 2.23. The van der Waals surface area contributed by atoms with Crippen LogP contribution in [0.3, 0.4) is 0 Å². The van der Waals surface area contributed by atoms with Gasteiger partial charge in [-0.2, -0.15) is 0 Å². The fourth-order valence-corrected chi connectivity index (χ4v) is 1.92. The van der Waals surface area contributed by atoms with Crippen molar-refractivity contribution in [1.82, 2.24) is 0 Å². The molecule has 0 saturated carbocycles. The largest absolute Gasteiger partial charge is 0.491 e. The number of carbonyl (C=O) groups is 1. The fraction of sp³-hybridized carbons (Fsp3) is 0.312. The smallest absolute Gasteiger partial charge is 0.371 e. The molecule has 2 rings (SSSR count). The van der Waals surface area contributed by atoms with Crippen LogP contribution in [-0.2, 0) is 0 Å². The van der Waals surface area contributed by atoms with Gasteiger partial charge in [-0.15, -0.1) is 0 Å². The SMILES string of the molecule is CC(C)Oc1ccc(NC(C)c2ccc(C(=O)O)o2)cc1. The van der Waals surface area contributed by atoms with Gasteiger partial charge in [-0.1, -0.05) is 0 Å². The lowest BCUT2D eigenvalue weighted by Gasteiger charge is -2.14. The van der Waals surface area contributed by atoms with Gasteiger partial charge in [0.2, 0.25) is 5.76 Å². The maximum Gasteiger partial charge on any atom is 0.371 e. The molecule has 2 N–H and O–H groups in total. The summed E-state index contributed by atoms with van der Waals surface area (Å²) < 4.78 is 10.8. The molecule has 0 radical (unpaired) electrons. The van der Waals surface area contributed by atoms with Crippen LogP contribution < -0.4 is 10.1 Å². The molecule has 112 valence electrons. The first-order valence-corrected chi connectivity index (χ1v) is 6.82. The van der Waals surface area contributed by atoms with Gasteiger partial charge in [0.15, 0.2) is 0 Å². The van der Waals surface area contributed by atoms with Crippen LogP contribution in [0.1, 0.15) is 43.1 Å². The van der Waals surface area contributed by atoms with Gasteiger partial charge in [0.1, 0.15) is 11.5 Å². The molecule has 0 amide bonds. The number of aromatic carboxylic acids is 1. The third kappa shape index (κ3) is 4.02. The van der Waals surface area contributed by atoms with Crippen molar-refractivity contribution in [1.29, 1.82) is 0 Å². The van der Waals surface area contributed by atoms with Crippen LogP contribution in [0.5, 0.6) is 5.75 Å². The molecule has 0 aliphatic heterocycles. The summed E-state index contributed by atoms with van der Waals surface area (Å²) in [5.41, 5.74) is 0.909. The van der Waals surface area contributed by atoms with Crippen molar-refractivity contribution >= 4 is 11.7 Å². The highest BCUT2D eigenvalue weighted by atomic mass is 16.5.